The van der Waals surface area contributed by atoms with Crippen LogP contribution in [0.2, 0.25) is 0 Å². The van der Waals surface area contributed by atoms with E-state index in [2.05, 4.69) is 25.6 Å². The second-order valence-corrected chi connectivity index (χ2v) is 6.39. The van der Waals surface area contributed by atoms with Crippen LogP contribution in [0.25, 0.3) is 0 Å². The lowest BCUT2D eigenvalue weighted by atomic mass is 10.1. The summed E-state index contributed by atoms with van der Waals surface area (Å²) in [4.78, 5) is 13.5. The molecule has 0 amide bonds. The molecule has 1 aromatic carbocycles. The number of carbonyl (C=O) groups excluding carboxylic acids is 1. The van der Waals surface area contributed by atoms with Gasteiger partial charge in [-0.2, -0.15) is 9.64 Å². The van der Waals surface area contributed by atoms with Crippen LogP contribution in [-0.2, 0) is 9.53 Å². The zero-order valence-corrected chi connectivity index (χ0v) is 16.1. The molecular formula is C18H21N5O2S. The molecule has 26 heavy (non-hydrogen) atoms. The van der Waals surface area contributed by atoms with Crippen molar-refractivity contribution in [3.05, 3.63) is 35.0 Å². The number of esters is 1. The van der Waals surface area contributed by atoms with Crippen molar-refractivity contribution in [1.29, 1.82) is 5.26 Å². The van der Waals surface area contributed by atoms with E-state index in [0.29, 0.717) is 29.2 Å². The standard InChI is InChI=1S/C18H21N5O2S/c1-5-23(9-8-17(24)25-4)14-6-7-16(12(2)10-14)20-21-18-15(11-19)13(3)22-26-18/h6-7,10H,5,8-9H2,1-4H3. The maximum absolute atomic E-state index is 11.4. The highest BCUT2D eigenvalue weighted by atomic mass is 32.1. The topological polar surface area (TPSA) is 90.9 Å². The number of rotatable bonds is 7. The first-order chi connectivity index (χ1) is 12.5. The fourth-order valence-electron chi connectivity index (χ4n) is 2.40. The number of hydrogen-bond donors (Lipinski definition) is 0. The van der Waals surface area contributed by atoms with Gasteiger partial charge >= 0.3 is 5.97 Å². The average Bonchev–Trinajstić information content (AvgIpc) is 3.00. The third kappa shape index (κ3) is 4.64. The Morgan fingerprint density at radius 3 is 2.77 bits per heavy atom. The summed E-state index contributed by atoms with van der Waals surface area (Å²) in [6, 6.07) is 7.95. The molecule has 7 nitrogen and oxygen atoms in total. The van der Waals surface area contributed by atoms with Crippen LogP contribution in [0.4, 0.5) is 16.4 Å². The van der Waals surface area contributed by atoms with Gasteiger partial charge in [0, 0.05) is 18.8 Å². The SMILES string of the molecule is CCN(CCC(=O)OC)c1ccc(N=Nc2snc(C)c2C#N)c(C)c1. The molecule has 1 heterocycles. The van der Waals surface area contributed by atoms with E-state index in [1.807, 2.05) is 32.0 Å². The van der Waals surface area contributed by atoms with Crippen molar-refractivity contribution in [2.45, 2.75) is 27.2 Å². The van der Waals surface area contributed by atoms with Crippen LogP contribution in [0.1, 0.15) is 30.2 Å². The lowest BCUT2D eigenvalue weighted by molar-refractivity contribution is -0.140. The molecule has 0 aliphatic carbocycles. The van der Waals surface area contributed by atoms with Crippen LogP contribution >= 0.6 is 11.5 Å². The molecule has 2 rings (SSSR count). The van der Waals surface area contributed by atoms with E-state index >= 15 is 0 Å². The largest absolute Gasteiger partial charge is 0.469 e. The van der Waals surface area contributed by atoms with Gasteiger partial charge in [-0.25, -0.2) is 0 Å². The maximum Gasteiger partial charge on any atom is 0.307 e. The molecule has 0 spiro atoms. The number of benzene rings is 1. The average molecular weight is 371 g/mol. The number of hydrogen-bond acceptors (Lipinski definition) is 8. The maximum atomic E-state index is 11.4. The quantitative estimate of drug-likeness (QED) is 0.530. The van der Waals surface area contributed by atoms with E-state index in [-0.39, 0.29) is 5.97 Å². The Morgan fingerprint density at radius 1 is 1.38 bits per heavy atom. The lowest BCUT2D eigenvalue weighted by Crippen LogP contribution is -2.26. The minimum atomic E-state index is -0.223. The van der Waals surface area contributed by atoms with Crippen LogP contribution in [-0.4, -0.2) is 30.5 Å². The number of carbonyl (C=O) groups is 1. The molecule has 0 unspecified atom stereocenters. The number of nitrogens with zero attached hydrogens (tertiary/aromatic N) is 5. The number of aryl methyl sites for hydroxylation is 2. The summed E-state index contributed by atoms with van der Waals surface area (Å²) >= 11 is 1.16. The van der Waals surface area contributed by atoms with Crippen LogP contribution in [0.15, 0.2) is 28.4 Å². The monoisotopic (exact) mass is 371 g/mol. The molecule has 2 aromatic rings. The van der Waals surface area contributed by atoms with Crippen molar-refractivity contribution in [1.82, 2.24) is 4.37 Å². The number of nitriles is 1. The minimum absolute atomic E-state index is 0.223. The summed E-state index contributed by atoms with van der Waals surface area (Å²) < 4.78 is 8.83. The predicted octanol–water partition coefficient (Wildman–Crippen LogP) is 4.44. The van der Waals surface area contributed by atoms with Gasteiger partial charge in [-0.1, -0.05) is 0 Å². The van der Waals surface area contributed by atoms with Gasteiger partial charge in [0.2, 0.25) is 0 Å². The lowest BCUT2D eigenvalue weighted by Gasteiger charge is -2.23. The predicted molar refractivity (Wildman–Crippen MR) is 101 cm³/mol. The van der Waals surface area contributed by atoms with Gasteiger partial charge in [-0.05, 0) is 56.1 Å². The molecule has 0 saturated carbocycles. The number of ether oxygens (including phenoxy) is 1. The second-order valence-electron chi connectivity index (χ2n) is 5.64. The zero-order valence-electron chi connectivity index (χ0n) is 15.3. The number of anilines is 1. The third-order valence-electron chi connectivity index (χ3n) is 3.95. The highest BCUT2D eigenvalue weighted by Gasteiger charge is 2.11. The summed E-state index contributed by atoms with van der Waals surface area (Å²) in [5, 5.41) is 18.1. The summed E-state index contributed by atoms with van der Waals surface area (Å²) in [5.41, 5.74) is 3.84. The van der Waals surface area contributed by atoms with Gasteiger partial charge in [-0.3, -0.25) is 4.79 Å². The Labute approximate surface area is 157 Å². The van der Waals surface area contributed by atoms with Crippen molar-refractivity contribution >= 4 is 33.9 Å². The van der Waals surface area contributed by atoms with E-state index in [1.54, 1.807) is 6.92 Å². The molecule has 0 aliphatic heterocycles. The molecular weight excluding hydrogens is 350 g/mol. The van der Waals surface area contributed by atoms with E-state index in [0.717, 1.165) is 35.0 Å². The van der Waals surface area contributed by atoms with Crippen LogP contribution in [0.5, 0.6) is 0 Å². The Bertz CT molecular complexity index is 854. The highest BCUT2D eigenvalue weighted by Crippen LogP contribution is 2.30. The van der Waals surface area contributed by atoms with Gasteiger partial charge in [-0.15, -0.1) is 10.2 Å². The Hall–Kier alpha value is -2.79. The highest BCUT2D eigenvalue weighted by molar-refractivity contribution is 7.10. The Kier molecular flexibility index (Phi) is 6.81. The first-order valence-electron chi connectivity index (χ1n) is 8.20. The molecule has 1 aromatic heterocycles. The summed E-state index contributed by atoms with van der Waals surface area (Å²) in [5.74, 6) is -0.223. The molecule has 8 heteroatoms. The van der Waals surface area contributed by atoms with Crippen molar-refractivity contribution in [3.63, 3.8) is 0 Å². The van der Waals surface area contributed by atoms with Gasteiger partial charge in [0.15, 0.2) is 5.00 Å². The fourth-order valence-corrected chi connectivity index (χ4v) is 3.08. The normalized spacial score (nSPS) is 10.7. The minimum Gasteiger partial charge on any atom is -0.469 e. The summed E-state index contributed by atoms with van der Waals surface area (Å²) in [6.45, 7) is 7.14. The molecule has 136 valence electrons. The fraction of sp³-hybridized carbons (Fsp3) is 0.389. The number of azo groups is 1. The second kappa shape index (κ2) is 9.06. The molecule has 0 aliphatic rings. The Balaban J connectivity index is 2.17. The van der Waals surface area contributed by atoms with Crippen LogP contribution < -0.4 is 4.90 Å². The van der Waals surface area contributed by atoms with Gasteiger partial charge in [0.1, 0.15) is 11.6 Å². The molecule has 0 fully saturated rings. The van der Waals surface area contributed by atoms with Crippen molar-refractivity contribution in [2.24, 2.45) is 10.2 Å². The van der Waals surface area contributed by atoms with E-state index in [4.69, 9.17) is 10.00 Å². The number of aromatic nitrogens is 1. The van der Waals surface area contributed by atoms with Crippen molar-refractivity contribution in [3.8, 4) is 6.07 Å². The van der Waals surface area contributed by atoms with Gasteiger partial charge in [0.05, 0.1) is 24.9 Å². The van der Waals surface area contributed by atoms with Gasteiger partial charge in [0.25, 0.3) is 0 Å². The molecule has 0 radical (unpaired) electrons. The Morgan fingerprint density at radius 2 is 2.15 bits per heavy atom. The van der Waals surface area contributed by atoms with Gasteiger partial charge < -0.3 is 9.64 Å². The van der Waals surface area contributed by atoms with Crippen LogP contribution in [0.3, 0.4) is 0 Å². The molecule has 0 saturated heterocycles. The number of methoxy groups -OCH3 is 1. The molecule has 0 N–H and O–H groups in total. The molecule has 0 bridgehead atoms. The van der Waals surface area contributed by atoms with Crippen molar-refractivity contribution in [2.75, 3.05) is 25.1 Å². The first-order valence-corrected chi connectivity index (χ1v) is 8.98. The van der Waals surface area contributed by atoms with E-state index in [9.17, 15) is 4.79 Å². The van der Waals surface area contributed by atoms with E-state index in [1.165, 1.54) is 7.11 Å². The van der Waals surface area contributed by atoms with Crippen molar-refractivity contribution < 1.29 is 9.53 Å². The smallest absolute Gasteiger partial charge is 0.307 e. The van der Waals surface area contributed by atoms with Crippen LogP contribution in [0, 0.1) is 25.2 Å². The first kappa shape index (κ1) is 19.5. The third-order valence-corrected chi connectivity index (χ3v) is 4.77. The summed E-state index contributed by atoms with van der Waals surface area (Å²) in [7, 11) is 1.39. The molecule has 0 atom stereocenters. The van der Waals surface area contributed by atoms with E-state index < -0.39 is 0 Å². The zero-order chi connectivity index (χ0) is 19.1. The summed E-state index contributed by atoms with van der Waals surface area (Å²) in [6.07, 6.45) is 0.340.